The Kier molecular flexibility index (Phi) is 7.80. The topological polar surface area (TPSA) is 49.5 Å². The van der Waals surface area contributed by atoms with E-state index < -0.39 is 6.10 Å². The van der Waals surface area contributed by atoms with Crippen LogP contribution >= 0.6 is 0 Å². The highest BCUT2D eigenvalue weighted by atomic mass is 16.3. The first-order valence-electron chi connectivity index (χ1n) is 9.97. The van der Waals surface area contributed by atoms with Crippen molar-refractivity contribution in [2.75, 3.05) is 6.54 Å². The molecule has 0 fully saturated rings. The molecule has 3 aromatic carbocycles. The molecular formula is C25H30N2O. The molecule has 0 unspecified atom stereocenters. The summed E-state index contributed by atoms with van der Waals surface area (Å²) in [6.45, 7) is 2.22. The summed E-state index contributed by atoms with van der Waals surface area (Å²) in [6, 6.07) is 31.0. The lowest BCUT2D eigenvalue weighted by atomic mass is 10.0. The molecule has 0 saturated carbocycles. The van der Waals surface area contributed by atoms with Crippen LogP contribution in [-0.4, -0.2) is 28.7 Å². The highest BCUT2D eigenvalue weighted by Crippen LogP contribution is 2.13. The summed E-state index contributed by atoms with van der Waals surface area (Å²) < 4.78 is 0. The number of hydrogen-bond donors (Lipinski definition) is 2. The quantitative estimate of drug-likeness (QED) is 0.564. The van der Waals surface area contributed by atoms with Crippen molar-refractivity contribution in [3.05, 3.63) is 108 Å². The highest BCUT2D eigenvalue weighted by Gasteiger charge is 2.16. The lowest BCUT2D eigenvalue weighted by Gasteiger charge is -2.26. The van der Waals surface area contributed by atoms with Gasteiger partial charge in [-0.05, 0) is 29.5 Å². The summed E-state index contributed by atoms with van der Waals surface area (Å²) in [4.78, 5) is 2.30. The minimum atomic E-state index is -0.453. The Hall–Kier alpha value is -2.46. The van der Waals surface area contributed by atoms with Gasteiger partial charge in [0.2, 0.25) is 0 Å². The molecule has 0 heterocycles. The average Bonchev–Trinajstić information content (AvgIpc) is 2.70. The Morgan fingerprint density at radius 3 is 1.57 bits per heavy atom. The van der Waals surface area contributed by atoms with Crippen LogP contribution in [0.2, 0.25) is 0 Å². The van der Waals surface area contributed by atoms with E-state index in [9.17, 15) is 5.11 Å². The van der Waals surface area contributed by atoms with E-state index in [2.05, 4.69) is 65.6 Å². The van der Waals surface area contributed by atoms with Crippen molar-refractivity contribution < 1.29 is 5.11 Å². The molecule has 0 aliphatic heterocycles. The molecule has 0 saturated heterocycles. The van der Waals surface area contributed by atoms with Crippen LogP contribution in [0.3, 0.4) is 0 Å². The van der Waals surface area contributed by atoms with Crippen molar-refractivity contribution in [2.24, 2.45) is 5.73 Å². The summed E-state index contributed by atoms with van der Waals surface area (Å²) >= 11 is 0. The van der Waals surface area contributed by atoms with Crippen LogP contribution in [0.4, 0.5) is 0 Å². The van der Waals surface area contributed by atoms with E-state index in [0.717, 1.165) is 19.5 Å². The molecule has 28 heavy (non-hydrogen) atoms. The minimum absolute atomic E-state index is 0.0484. The van der Waals surface area contributed by atoms with Gasteiger partial charge in [0.25, 0.3) is 0 Å². The van der Waals surface area contributed by atoms with Gasteiger partial charge in [-0.25, -0.2) is 0 Å². The number of aliphatic hydroxyl groups is 1. The molecule has 0 spiro atoms. The molecule has 3 nitrogen and oxygen atoms in total. The predicted molar refractivity (Wildman–Crippen MR) is 116 cm³/mol. The molecule has 3 N–H and O–H groups in total. The van der Waals surface area contributed by atoms with Crippen molar-refractivity contribution in [3.63, 3.8) is 0 Å². The lowest BCUT2D eigenvalue weighted by molar-refractivity contribution is 0.0921. The van der Waals surface area contributed by atoms with Gasteiger partial charge in [-0.2, -0.15) is 0 Å². The third kappa shape index (κ3) is 6.93. The fourth-order valence-corrected chi connectivity index (χ4v) is 3.59. The molecule has 0 aliphatic rings. The molecule has 0 amide bonds. The molecule has 0 aromatic heterocycles. The van der Waals surface area contributed by atoms with Crippen LogP contribution in [-0.2, 0) is 19.5 Å². The van der Waals surface area contributed by atoms with Gasteiger partial charge >= 0.3 is 0 Å². The number of benzene rings is 3. The summed E-state index contributed by atoms with van der Waals surface area (Å²) in [6.07, 6.45) is 0.927. The summed E-state index contributed by atoms with van der Waals surface area (Å²) in [5, 5.41) is 10.7. The number of nitrogens with two attached hydrogens (primary N) is 1. The molecular weight excluding hydrogens is 344 g/mol. The third-order valence-corrected chi connectivity index (χ3v) is 4.88. The highest BCUT2D eigenvalue weighted by molar-refractivity contribution is 5.18. The van der Waals surface area contributed by atoms with Gasteiger partial charge in [0, 0.05) is 25.7 Å². The van der Waals surface area contributed by atoms with Crippen LogP contribution in [0.25, 0.3) is 0 Å². The van der Waals surface area contributed by atoms with Crippen molar-refractivity contribution >= 4 is 0 Å². The molecule has 146 valence electrons. The fraction of sp³-hybridized carbons (Fsp3) is 0.280. The van der Waals surface area contributed by atoms with Gasteiger partial charge in [-0.3, -0.25) is 4.90 Å². The largest absolute Gasteiger partial charge is 0.392 e. The second kappa shape index (κ2) is 10.8. The summed E-state index contributed by atoms with van der Waals surface area (Å²) in [5.74, 6) is 0. The van der Waals surface area contributed by atoms with Gasteiger partial charge in [0.15, 0.2) is 0 Å². The number of nitrogens with zero attached hydrogens (tertiary/aromatic N) is 1. The standard InChI is InChI=1S/C25H30N2O/c26-24(16-21-10-4-1-5-11-21)17-25(28)20-27(18-22-12-6-2-7-13-22)19-23-14-8-3-9-15-23/h1-15,24-25,28H,16-20,26H2/t24-,25-/m0/s1. The van der Waals surface area contributed by atoms with Crippen molar-refractivity contribution in [2.45, 2.75) is 38.1 Å². The van der Waals surface area contributed by atoms with Gasteiger partial charge in [-0.15, -0.1) is 0 Å². The third-order valence-electron chi connectivity index (χ3n) is 4.88. The van der Waals surface area contributed by atoms with Gasteiger partial charge in [0.1, 0.15) is 0 Å². The zero-order valence-corrected chi connectivity index (χ0v) is 16.3. The second-order valence-electron chi connectivity index (χ2n) is 7.48. The van der Waals surface area contributed by atoms with E-state index in [4.69, 9.17) is 5.73 Å². The Morgan fingerprint density at radius 1 is 0.679 bits per heavy atom. The van der Waals surface area contributed by atoms with Crippen molar-refractivity contribution in [3.8, 4) is 0 Å². The van der Waals surface area contributed by atoms with Gasteiger partial charge < -0.3 is 10.8 Å². The van der Waals surface area contributed by atoms with Crippen molar-refractivity contribution in [1.29, 1.82) is 0 Å². The van der Waals surface area contributed by atoms with Crippen molar-refractivity contribution in [1.82, 2.24) is 4.90 Å². The monoisotopic (exact) mass is 374 g/mol. The zero-order chi connectivity index (χ0) is 19.6. The SMILES string of the molecule is N[C@@H](Cc1ccccc1)C[C@H](O)CN(Cc1ccccc1)Cc1ccccc1. The number of rotatable bonds is 10. The van der Waals surface area contributed by atoms with Crippen LogP contribution in [0, 0.1) is 0 Å². The molecule has 3 heteroatoms. The minimum Gasteiger partial charge on any atom is -0.392 e. The Labute approximate surface area is 168 Å². The molecule has 2 atom stereocenters. The molecule has 3 rings (SSSR count). The van der Waals surface area contributed by atoms with E-state index in [1.807, 2.05) is 30.3 Å². The normalized spacial score (nSPS) is 13.4. The van der Waals surface area contributed by atoms with Crippen LogP contribution in [0.15, 0.2) is 91.0 Å². The Bertz CT molecular complexity index is 751. The van der Waals surface area contributed by atoms with Gasteiger partial charge in [0.05, 0.1) is 6.10 Å². The van der Waals surface area contributed by atoms with E-state index in [1.54, 1.807) is 0 Å². The lowest BCUT2D eigenvalue weighted by Crippen LogP contribution is -2.36. The first-order chi connectivity index (χ1) is 13.7. The second-order valence-corrected chi connectivity index (χ2v) is 7.48. The summed E-state index contributed by atoms with van der Waals surface area (Å²) in [7, 11) is 0. The first kappa shape index (κ1) is 20.3. The van der Waals surface area contributed by atoms with E-state index >= 15 is 0 Å². The Morgan fingerprint density at radius 2 is 1.11 bits per heavy atom. The molecule has 3 aromatic rings. The average molecular weight is 375 g/mol. The van der Waals surface area contributed by atoms with Crippen LogP contribution in [0.5, 0.6) is 0 Å². The number of aliphatic hydroxyl groups excluding tert-OH is 1. The molecule has 0 radical (unpaired) electrons. The van der Waals surface area contributed by atoms with Gasteiger partial charge in [-0.1, -0.05) is 91.0 Å². The Balaban J connectivity index is 1.59. The van der Waals surface area contributed by atoms with Crippen LogP contribution < -0.4 is 5.73 Å². The maximum Gasteiger partial charge on any atom is 0.0682 e. The maximum absolute atomic E-state index is 10.7. The van der Waals surface area contributed by atoms with E-state index in [-0.39, 0.29) is 6.04 Å². The predicted octanol–water partition coefficient (Wildman–Crippen LogP) is 4.01. The first-order valence-corrected chi connectivity index (χ1v) is 9.97. The van der Waals surface area contributed by atoms with Crippen LogP contribution in [0.1, 0.15) is 23.1 Å². The smallest absolute Gasteiger partial charge is 0.0682 e. The van der Waals surface area contributed by atoms with E-state index in [1.165, 1.54) is 16.7 Å². The van der Waals surface area contributed by atoms with E-state index in [0.29, 0.717) is 13.0 Å². The number of hydrogen-bond acceptors (Lipinski definition) is 3. The fourth-order valence-electron chi connectivity index (χ4n) is 3.59. The molecule has 0 bridgehead atoms. The maximum atomic E-state index is 10.7. The molecule has 0 aliphatic carbocycles. The zero-order valence-electron chi connectivity index (χ0n) is 16.3. The summed E-state index contributed by atoms with van der Waals surface area (Å²) in [5.41, 5.74) is 10.0.